The van der Waals surface area contributed by atoms with E-state index in [0.29, 0.717) is 0 Å². The van der Waals surface area contributed by atoms with Crippen LogP contribution in [-0.2, 0) is 6.54 Å². The summed E-state index contributed by atoms with van der Waals surface area (Å²) in [5, 5.41) is 0. The summed E-state index contributed by atoms with van der Waals surface area (Å²) in [7, 11) is 0. The van der Waals surface area contributed by atoms with Crippen molar-refractivity contribution in [2.24, 2.45) is 0 Å². The fourth-order valence-electron chi connectivity index (χ4n) is 1.62. The van der Waals surface area contributed by atoms with Crippen molar-refractivity contribution in [3.8, 4) is 5.75 Å². The van der Waals surface area contributed by atoms with Gasteiger partial charge in [-0.2, -0.15) is 0 Å². The van der Waals surface area contributed by atoms with Crippen LogP contribution in [0.15, 0.2) is 36.9 Å². The molecule has 0 saturated heterocycles. The molecule has 0 atom stereocenters. The summed E-state index contributed by atoms with van der Waals surface area (Å²) >= 11 is 2.31. The molecule has 0 fully saturated rings. The Hall–Kier alpha value is -1.04. The number of rotatable bonds is 5. The Morgan fingerprint density at radius 2 is 2.29 bits per heavy atom. The third kappa shape index (κ3) is 3.73. The zero-order valence-electron chi connectivity index (χ0n) is 9.77. The Bertz CT molecular complexity index is 468. The molecule has 0 unspecified atom stereocenters. The Kier molecular flexibility index (Phi) is 4.42. The van der Waals surface area contributed by atoms with E-state index in [4.69, 9.17) is 4.74 Å². The molecule has 3 nitrogen and oxygen atoms in total. The van der Waals surface area contributed by atoms with Crippen LogP contribution in [0.1, 0.15) is 12.0 Å². The Morgan fingerprint density at radius 3 is 3.00 bits per heavy atom. The molecule has 4 heteroatoms. The molecule has 0 aliphatic rings. The quantitative estimate of drug-likeness (QED) is 0.616. The number of ether oxygens (including phenoxy) is 1. The second-order valence-electron chi connectivity index (χ2n) is 3.91. The Labute approximate surface area is 115 Å². The van der Waals surface area contributed by atoms with Crippen molar-refractivity contribution in [2.45, 2.75) is 19.9 Å². The number of aryl methyl sites for hydroxylation is 2. The number of halogens is 1. The molecular formula is C13H15IN2O. The predicted molar refractivity (Wildman–Crippen MR) is 76.2 cm³/mol. The zero-order valence-corrected chi connectivity index (χ0v) is 11.9. The van der Waals surface area contributed by atoms with Gasteiger partial charge in [0.1, 0.15) is 5.75 Å². The molecule has 2 rings (SSSR count). The summed E-state index contributed by atoms with van der Waals surface area (Å²) in [5.41, 5.74) is 1.19. The van der Waals surface area contributed by atoms with Gasteiger partial charge in [-0.15, -0.1) is 0 Å². The smallest absolute Gasteiger partial charge is 0.122 e. The summed E-state index contributed by atoms with van der Waals surface area (Å²) in [6.07, 6.45) is 6.58. The number of nitrogens with zero attached hydrogens (tertiary/aromatic N) is 2. The zero-order chi connectivity index (χ0) is 12.1. The number of imidazole rings is 1. The first-order valence-corrected chi connectivity index (χ1v) is 6.68. The second kappa shape index (κ2) is 6.05. The lowest BCUT2D eigenvalue weighted by molar-refractivity contribution is 0.300. The number of aromatic nitrogens is 2. The molecule has 1 aromatic carbocycles. The van der Waals surface area contributed by atoms with Crippen LogP contribution < -0.4 is 4.74 Å². The molecule has 90 valence electrons. The summed E-state index contributed by atoms with van der Waals surface area (Å²) in [4.78, 5) is 4.00. The van der Waals surface area contributed by atoms with E-state index in [0.717, 1.165) is 25.3 Å². The lowest BCUT2D eigenvalue weighted by Crippen LogP contribution is -2.03. The minimum absolute atomic E-state index is 0.736. The van der Waals surface area contributed by atoms with Crippen LogP contribution in [0.2, 0.25) is 0 Å². The van der Waals surface area contributed by atoms with Gasteiger partial charge in [-0.1, -0.05) is 0 Å². The van der Waals surface area contributed by atoms with Gasteiger partial charge in [-0.3, -0.25) is 0 Å². The summed E-state index contributed by atoms with van der Waals surface area (Å²) in [5.74, 6) is 0.982. The van der Waals surface area contributed by atoms with Gasteiger partial charge in [0.15, 0.2) is 0 Å². The molecule has 17 heavy (non-hydrogen) atoms. The molecule has 0 spiro atoms. The fraction of sp³-hybridized carbons (Fsp3) is 0.308. The van der Waals surface area contributed by atoms with Gasteiger partial charge in [0.2, 0.25) is 0 Å². The third-order valence-electron chi connectivity index (χ3n) is 2.51. The highest BCUT2D eigenvalue weighted by Crippen LogP contribution is 2.20. The standard InChI is InChI=1S/C13H15IN2O/c1-11-9-12(14)3-4-13(11)17-8-2-6-16-7-5-15-10-16/h3-5,7,9-10H,2,6,8H2,1H3. The molecule has 1 aromatic heterocycles. The van der Waals surface area contributed by atoms with Gasteiger partial charge < -0.3 is 9.30 Å². The second-order valence-corrected chi connectivity index (χ2v) is 5.16. The first-order valence-electron chi connectivity index (χ1n) is 5.60. The summed E-state index contributed by atoms with van der Waals surface area (Å²) < 4.78 is 9.05. The maximum Gasteiger partial charge on any atom is 0.122 e. The van der Waals surface area contributed by atoms with Crippen molar-refractivity contribution >= 4 is 22.6 Å². The van der Waals surface area contributed by atoms with Gasteiger partial charge in [-0.05, 0) is 59.7 Å². The van der Waals surface area contributed by atoms with Crippen molar-refractivity contribution in [2.75, 3.05) is 6.61 Å². The molecule has 0 amide bonds. The minimum Gasteiger partial charge on any atom is -0.493 e. The number of hydrogen-bond acceptors (Lipinski definition) is 2. The van der Waals surface area contributed by atoms with E-state index in [1.54, 1.807) is 6.20 Å². The lowest BCUT2D eigenvalue weighted by atomic mass is 10.2. The molecule has 0 aliphatic heterocycles. The van der Waals surface area contributed by atoms with E-state index < -0.39 is 0 Å². The van der Waals surface area contributed by atoms with E-state index >= 15 is 0 Å². The van der Waals surface area contributed by atoms with Crippen LogP contribution in [0.4, 0.5) is 0 Å². The molecular weight excluding hydrogens is 327 g/mol. The van der Waals surface area contributed by atoms with Crippen molar-refractivity contribution < 1.29 is 4.74 Å². The first kappa shape index (κ1) is 12.4. The first-order chi connectivity index (χ1) is 8.25. The maximum absolute atomic E-state index is 5.75. The highest BCUT2D eigenvalue weighted by Gasteiger charge is 1.99. The average molecular weight is 342 g/mol. The normalized spacial score (nSPS) is 10.5. The maximum atomic E-state index is 5.75. The van der Waals surface area contributed by atoms with Crippen LogP contribution in [0.25, 0.3) is 0 Å². The lowest BCUT2D eigenvalue weighted by Gasteiger charge is -2.09. The number of benzene rings is 1. The molecule has 0 radical (unpaired) electrons. The monoisotopic (exact) mass is 342 g/mol. The van der Waals surface area contributed by atoms with Crippen LogP contribution in [0, 0.1) is 10.5 Å². The predicted octanol–water partition coefficient (Wildman–Crippen LogP) is 3.27. The van der Waals surface area contributed by atoms with Crippen LogP contribution in [0.5, 0.6) is 5.75 Å². The highest BCUT2D eigenvalue weighted by atomic mass is 127. The van der Waals surface area contributed by atoms with E-state index in [1.807, 2.05) is 18.6 Å². The van der Waals surface area contributed by atoms with E-state index in [-0.39, 0.29) is 0 Å². The summed E-state index contributed by atoms with van der Waals surface area (Å²) in [6.45, 7) is 3.76. The van der Waals surface area contributed by atoms with Gasteiger partial charge in [0.25, 0.3) is 0 Å². The van der Waals surface area contributed by atoms with Gasteiger partial charge >= 0.3 is 0 Å². The van der Waals surface area contributed by atoms with Crippen LogP contribution in [0.3, 0.4) is 0 Å². The molecule has 0 N–H and O–H groups in total. The molecule has 1 heterocycles. The molecule has 0 saturated carbocycles. The van der Waals surface area contributed by atoms with Crippen molar-refractivity contribution in [3.05, 3.63) is 46.1 Å². The van der Waals surface area contributed by atoms with Gasteiger partial charge in [0.05, 0.1) is 12.9 Å². The highest BCUT2D eigenvalue weighted by molar-refractivity contribution is 14.1. The minimum atomic E-state index is 0.736. The van der Waals surface area contributed by atoms with Crippen LogP contribution in [-0.4, -0.2) is 16.2 Å². The van der Waals surface area contributed by atoms with Crippen LogP contribution >= 0.6 is 22.6 Å². The molecule has 0 bridgehead atoms. The molecule has 2 aromatic rings. The van der Waals surface area contributed by atoms with Crippen molar-refractivity contribution in [1.29, 1.82) is 0 Å². The van der Waals surface area contributed by atoms with Crippen molar-refractivity contribution in [1.82, 2.24) is 9.55 Å². The van der Waals surface area contributed by atoms with Crippen molar-refractivity contribution in [3.63, 3.8) is 0 Å². The largest absolute Gasteiger partial charge is 0.493 e. The van der Waals surface area contributed by atoms with Gasteiger partial charge in [-0.25, -0.2) is 4.98 Å². The Morgan fingerprint density at radius 1 is 1.41 bits per heavy atom. The average Bonchev–Trinajstić information content (AvgIpc) is 2.79. The Balaban J connectivity index is 1.78. The van der Waals surface area contributed by atoms with E-state index in [2.05, 4.69) is 51.2 Å². The third-order valence-corrected chi connectivity index (χ3v) is 3.19. The topological polar surface area (TPSA) is 27.1 Å². The van der Waals surface area contributed by atoms with E-state index in [9.17, 15) is 0 Å². The van der Waals surface area contributed by atoms with E-state index in [1.165, 1.54) is 9.13 Å². The SMILES string of the molecule is Cc1cc(I)ccc1OCCCn1ccnc1. The summed E-state index contributed by atoms with van der Waals surface area (Å²) in [6, 6.07) is 6.23. The van der Waals surface area contributed by atoms with Gasteiger partial charge in [0, 0.05) is 22.5 Å². The fourth-order valence-corrected chi connectivity index (χ4v) is 2.27. The molecule has 0 aliphatic carbocycles. The number of hydrogen-bond donors (Lipinski definition) is 0.